The van der Waals surface area contributed by atoms with Gasteiger partial charge in [-0.05, 0) is 18.8 Å². The van der Waals surface area contributed by atoms with Crippen molar-refractivity contribution >= 4 is 35.5 Å². The third-order valence-corrected chi connectivity index (χ3v) is 4.46. The van der Waals surface area contributed by atoms with Crippen LogP contribution in [0.15, 0.2) is 0 Å². The number of carbonyl (C=O) groups excluding carboxylic acids is 3. The predicted molar refractivity (Wildman–Crippen MR) is 93.9 cm³/mol. The highest BCUT2D eigenvalue weighted by molar-refractivity contribution is 6.04. The van der Waals surface area contributed by atoms with Gasteiger partial charge in [-0.1, -0.05) is 13.8 Å². The minimum Gasteiger partial charge on any atom is -0.481 e. The SMILES string of the molecule is CC(C(=O)O)C(C)C(NC(=O)CCCC(=O)O)C(=O)C(CCC(=O)O)C(N)=O. The minimum absolute atomic E-state index is 0.00318. The van der Waals surface area contributed by atoms with Crippen molar-refractivity contribution in [2.75, 3.05) is 0 Å². The lowest BCUT2D eigenvalue weighted by Crippen LogP contribution is -2.52. The lowest BCUT2D eigenvalue weighted by atomic mass is 9.81. The maximum absolute atomic E-state index is 12.8. The molecule has 0 saturated carbocycles. The molecule has 28 heavy (non-hydrogen) atoms. The zero-order valence-corrected chi connectivity index (χ0v) is 15.7. The van der Waals surface area contributed by atoms with E-state index in [2.05, 4.69) is 5.32 Å². The smallest absolute Gasteiger partial charge is 0.306 e. The van der Waals surface area contributed by atoms with Crippen LogP contribution in [-0.2, 0) is 28.8 Å². The Balaban J connectivity index is 5.49. The maximum atomic E-state index is 12.8. The summed E-state index contributed by atoms with van der Waals surface area (Å²) in [6.07, 6.45) is -1.38. The summed E-state index contributed by atoms with van der Waals surface area (Å²) in [6.45, 7) is 2.72. The molecule has 0 spiro atoms. The predicted octanol–water partition coefficient (Wildman–Crippen LogP) is -0.382. The molecule has 4 unspecified atom stereocenters. The third-order valence-electron chi connectivity index (χ3n) is 4.46. The first-order valence-corrected chi connectivity index (χ1v) is 8.67. The fourth-order valence-electron chi connectivity index (χ4n) is 2.53. The Hall–Kier alpha value is -2.98. The van der Waals surface area contributed by atoms with Crippen LogP contribution in [0.1, 0.15) is 46.0 Å². The second-order valence-electron chi connectivity index (χ2n) is 6.57. The number of hydrogen-bond donors (Lipinski definition) is 5. The van der Waals surface area contributed by atoms with E-state index in [9.17, 15) is 33.9 Å². The van der Waals surface area contributed by atoms with Crippen molar-refractivity contribution < 1.29 is 44.1 Å². The van der Waals surface area contributed by atoms with Gasteiger partial charge >= 0.3 is 17.9 Å². The second kappa shape index (κ2) is 11.7. The van der Waals surface area contributed by atoms with Gasteiger partial charge in [-0.15, -0.1) is 0 Å². The molecule has 4 atom stereocenters. The number of primary amides is 1. The van der Waals surface area contributed by atoms with Crippen molar-refractivity contribution in [1.82, 2.24) is 5.32 Å². The second-order valence-corrected chi connectivity index (χ2v) is 6.57. The normalized spacial score (nSPS) is 14.9. The number of carboxylic acid groups (broad SMARTS) is 3. The summed E-state index contributed by atoms with van der Waals surface area (Å²) in [6, 6.07) is -1.39. The first kappa shape index (κ1) is 25.0. The van der Waals surface area contributed by atoms with E-state index in [-0.39, 0.29) is 25.7 Å². The molecule has 0 aromatic rings. The molecule has 0 heterocycles. The Morgan fingerprint density at radius 3 is 1.86 bits per heavy atom. The number of rotatable bonds is 14. The van der Waals surface area contributed by atoms with Crippen LogP contribution in [0.4, 0.5) is 0 Å². The van der Waals surface area contributed by atoms with Crippen LogP contribution in [0.2, 0.25) is 0 Å². The highest BCUT2D eigenvalue weighted by Crippen LogP contribution is 2.21. The monoisotopic (exact) mass is 402 g/mol. The first-order chi connectivity index (χ1) is 12.9. The van der Waals surface area contributed by atoms with Crippen LogP contribution in [0, 0.1) is 17.8 Å². The van der Waals surface area contributed by atoms with Gasteiger partial charge in [0.2, 0.25) is 11.8 Å². The van der Waals surface area contributed by atoms with E-state index in [1.54, 1.807) is 0 Å². The van der Waals surface area contributed by atoms with Crippen molar-refractivity contribution in [2.24, 2.45) is 23.5 Å². The quantitative estimate of drug-likeness (QED) is 0.240. The molecule has 6 N–H and O–H groups in total. The molecule has 0 aromatic carbocycles. The Morgan fingerprint density at radius 2 is 1.43 bits per heavy atom. The molecule has 11 nitrogen and oxygen atoms in total. The zero-order chi connectivity index (χ0) is 22.0. The van der Waals surface area contributed by atoms with E-state index >= 15 is 0 Å². The minimum atomic E-state index is -1.51. The van der Waals surface area contributed by atoms with Gasteiger partial charge in [-0.25, -0.2) is 0 Å². The van der Waals surface area contributed by atoms with Gasteiger partial charge in [-0.2, -0.15) is 0 Å². The van der Waals surface area contributed by atoms with Gasteiger partial charge in [0.25, 0.3) is 0 Å². The summed E-state index contributed by atoms with van der Waals surface area (Å²) in [5, 5.41) is 28.9. The summed E-state index contributed by atoms with van der Waals surface area (Å²) in [4.78, 5) is 69.0. The average molecular weight is 402 g/mol. The molecular weight excluding hydrogens is 376 g/mol. The average Bonchev–Trinajstić information content (AvgIpc) is 2.57. The highest BCUT2D eigenvalue weighted by atomic mass is 16.4. The first-order valence-electron chi connectivity index (χ1n) is 8.67. The lowest BCUT2D eigenvalue weighted by Gasteiger charge is -2.29. The number of amides is 2. The molecular formula is C17H26N2O9. The van der Waals surface area contributed by atoms with E-state index in [1.165, 1.54) is 13.8 Å². The number of Topliss-reactive ketones (excluding diaryl/α,β-unsaturated/α-hetero) is 1. The molecule has 0 rings (SSSR count). The number of nitrogens with two attached hydrogens (primary N) is 1. The van der Waals surface area contributed by atoms with Crippen molar-refractivity contribution in [1.29, 1.82) is 0 Å². The molecule has 2 amide bonds. The molecule has 0 aliphatic carbocycles. The van der Waals surface area contributed by atoms with Crippen molar-refractivity contribution in [3.8, 4) is 0 Å². The fourth-order valence-corrected chi connectivity index (χ4v) is 2.53. The van der Waals surface area contributed by atoms with Crippen LogP contribution in [0.5, 0.6) is 0 Å². The summed E-state index contributed by atoms with van der Waals surface area (Å²) in [5.74, 6) is -9.73. The van der Waals surface area contributed by atoms with Crippen LogP contribution < -0.4 is 11.1 Å². The number of hydrogen-bond acceptors (Lipinski definition) is 6. The van der Waals surface area contributed by atoms with Gasteiger partial charge in [-0.3, -0.25) is 28.8 Å². The number of nitrogens with one attached hydrogen (secondary N) is 1. The summed E-state index contributed by atoms with van der Waals surface area (Å²) >= 11 is 0. The Kier molecular flexibility index (Phi) is 10.4. The summed E-state index contributed by atoms with van der Waals surface area (Å²) < 4.78 is 0. The largest absolute Gasteiger partial charge is 0.481 e. The molecule has 0 aliphatic heterocycles. The molecule has 11 heteroatoms. The van der Waals surface area contributed by atoms with E-state index < -0.39 is 65.7 Å². The number of carboxylic acids is 3. The van der Waals surface area contributed by atoms with Crippen molar-refractivity contribution in [2.45, 2.75) is 52.0 Å². The highest BCUT2D eigenvalue weighted by Gasteiger charge is 2.38. The Bertz CT molecular complexity index is 632. The van der Waals surface area contributed by atoms with Gasteiger partial charge in [0, 0.05) is 19.3 Å². The van der Waals surface area contributed by atoms with E-state index in [4.69, 9.17) is 15.9 Å². The topological polar surface area (TPSA) is 201 Å². The standard InChI is InChI=1S/C17H26N2O9/c1-8(9(2)17(27)28)14(19-11(20)4-3-5-12(21)22)15(25)10(16(18)26)6-7-13(23)24/h8-10,14H,3-7H2,1-2H3,(H2,18,26)(H,19,20)(H,21,22)(H,23,24)(H,27,28). The molecule has 0 saturated heterocycles. The van der Waals surface area contributed by atoms with Crippen LogP contribution in [0.25, 0.3) is 0 Å². The van der Waals surface area contributed by atoms with Crippen LogP contribution in [-0.4, -0.2) is 56.9 Å². The van der Waals surface area contributed by atoms with Crippen LogP contribution >= 0.6 is 0 Å². The molecule has 0 fully saturated rings. The fraction of sp³-hybridized carbons (Fsp3) is 0.647. The molecule has 0 aromatic heterocycles. The summed E-state index contributed by atoms with van der Waals surface area (Å²) in [5.41, 5.74) is 5.20. The molecule has 0 aliphatic rings. The van der Waals surface area contributed by atoms with Gasteiger partial charge < -0.3 is 26.4 Å². The molecule has 0 bridgehead atoms. The van der Waals surface area contributed by atoms with E-state index in [0.29, 0.717) is 0 Å². The Labute approximate surface area is 161 Å². The molecule has 0 radical (unpaired) electrons. The van der Waals surface area contributed by atoms with Gasteiger partial charge in [0.1, 0.15) is 0 Å². The van der Waals surface area contributed by atoms with Crippen LogP contribution in [0.3, 0.4) is 0 Å². The van der Waals surface area contributed by atoms with Gasteiger partial charge in [0.15, 0.2) is 5.78 Å². The maximum Gasteiger partial charge on any atom is 0.306 e. The zero-order valence-electron chi connectivity index (χ0n) is 15.7. The van der Waals surface area contributed by atoms with Crippen molar-refractivity contribution in [3.63, 3.8) is 0 Å². The molecule has 158 valence electrons. The number of aliphatic carboxylic acids is 3. The number of carbonyl (C=O) groups is 6. The van der Waals surface area contributed by atoms with Gasteiger partial charge in [0.05, 0.1) is 17.9 Å². The third kappa shape index (κ3) is 8.60. The summed E-state index contributed by atoms with van der Waals surface area (Å²) in [7, 11) is 0. The Morgan fingerprint density at radius 1 is 0.893 bits per heavy atom. The van der Waals surface area contributed by atoms with E-state index in [0.717, 1.165) is 0 Å². The lowest BCUT2D eigenvalue weighted by molar-refractivity contribution is -0.145. The van der Waals surface area contributed by atoms with E-state index in [1.807, 2.05) is 0 Å². The number of ketones is 1. The van der Waals surface area contributed by atoms with Crippen molar-refractivity contribution in [3.05, 3.63) is 0 Å².